The molecule has 2 aromatic heterocycles. The lowest BCUT2D eigenvalue weighted by atomic mass is 10.0. The third kappa shape index (κ3) is 3.02. The predicted octanol–water partition coefficient (Wildman–Crippen LogP) is 3.11. The summed E-state index contributed by atoms with van der Waals surface area (Å²) in [6.45, 7) is 0. The molecule has 2 heterocycles. The quantitative estimate of drug-likeness (QED) is 0.663. The van der Waals surface area contributed by atoms with Gasteiger partial charge in [-0.3, -0.25) is 9.59 Å². The topological polar surface area (TPSA) is 99.6 Å². The standard InChI is InChI=1S/C19H13ClN4O3S/c1-27-14-8-4-5-10(15(14)25)9-12-16(21)24-19(22-17(12)26)28-18(23-24)11-6-2-3-7-13(11)20/h2-9H,21H2,1H3. The number of fused-ring (bicyclic) bond motifs is 1. The van der Waals surface area contributed by atoms with Gasteiger partial charge in [0.1, 0.15) is 10.8 Å². The van der Waals surface area contributed by atoms with Gasteiger partial charge in [-0.2, -0.15) is 14.6 Å². The minimum absolute atomic E-state index is 0.0823. The van der Waals surface area contributed by atoms with Crippen molar-refractivity contribution in [2.24, 2.45) is 0 Å². The Bertz CT molecular complexity index is 1270. The summed E-state index contributed by atoms with van der Waals surface area (Å²) in [7, 11) is 1.41. The van der Waals surface area contributed by atoms with Crippen LogP contribution in [0.5, 0.6) is 0 Å². The highest BCUT2D eigenvalue weighted by atomic mass is 35.5. The van der Waals surface area contributed by atoms with Crippen LogP contribution in [0.2, 0.25) is 5.02 Å². The number of methoxy groups -OCH3 is 1. The van der Waals surface area contributed by atoms with Crippen molar-refractivity contribution in [3.8, 4) is 10.6 Å². The Balaban J connectivity index is 1.86. The fourth-order valence-electron chi connectivity index (χ4n) is 2.72. The first kappa shape index (κ1) is 18.1. The van der Waals surface area contributed by atoms with Crippen LogP contribution in [-0.4, -0.2) is 27.5 Å². The molecule has 2 N–H and O–H groups in total. The Morgan fingerprint density at radius 3 is 2.82 bits per heavy atom. The van der Waals surface area contributed by atoms with E-state index in [-0.39, 0.29) is 28.5 Å². The zero-order valence-electron chi connectivity index (χ0n) is 14.5. The summed E-state index contributed by atoms with van der Waals surface area (Å²) in [6, 6.07) is 7.23. The van der Waals surface area contributed by atoms with Crippen LogP contribution < -0.4 is 11.3 Å². The van der Waals surface area contributed by atoms with Gasteiger partial charge in [0, 0.05) is 11.1 Å². The summed E-state index contributed by atoms with van der Waals surface area (Å²) in [5.41, 5.74) is 6.71. The van der Waals surface area contributed by atoms with Crippen molar-refractivity contribution in [2.45, 2.75) is 0 Å². The maximum atomic E-state index is 12.5. The van der Waals surface area contributed by atoms with Crippen LogP contribution in [0.3, 0.4) is 0 Å². The van der Waals surface area contributed by atoms with E-state index in [4.69, 9.17) is 22.1 Å². The van der Waals surface area contributed by atoms with E-state index in [2.05, 4.69) is 10.1 Å². The molecule has 1 aromatic carbocycles. The van der Waals surface area contributed by atoms with Gasteiger partial charge in [-0.05, 0) is 18.2 Å². The van der Waals surface area contributed by atoms with Crippen LogP contribution in [0, 0.1) is 0 Å². The first-order chi connectivity index (χ1) is 13.5. The Kier molecular flexibility index (Phi) is 4.58. The van der Waals surface area contributed by atoms with Crippen LogP contribution >= 0.6 is 22.9 Å². The molecule has 0 radical (unpaired) electrons. The summed E-state index contributed by atoms with van der Waals surface area (Å²) < 4.78 is 6.41. The number of aromatic nitrogens is 3. The summed E-state index contributed by atoms with van der Waals surface area (Å²) >= 11 is 7.43. The fourth-order valence-corrected chi connectivity index (χ4v) is 3.94. The van der Waals surface area contributed by atoms with Crippen molar-refractivity contribution in [3.05, 3.63) is 74.8 Å². The first-order valence-corrected chi connectivity index (χ1v) is 9.32. The van der Waals surface area contributed by atoms with E-state index >= 15 is 0 Å². The number of ketones is 1. The molecule has 0 saturated heterocycles. The normalized spacial score (nSPS) is 15.3. The molecule has 0 unspecified atom stereocenters. The highest BCUT2D eigenvalue weighted by Gasteiger charge is 2.20. The molecule has 0 bridgehead atoms. The minimum Gasteiger partial charge on any atom is -0.493 e. The number of nitrogens with two attached hydrogens (primary N) is 1. The molecule has 0 atom stereocenters. The molecule has 1 aliphatic rings. The number of rotatable bonds is 3. The minimum atomic E-state index is -0.547. The molecule has 0 fully saturated rings. The number of anilines is 1. The molecule has 7 nitrogen and oxygen atoms in total. The van der Waals surface area contributed by atoms with Gasteiger partial charge in [-0.1, -0.05) is 53.3 Å². The molecule has 0 saturated carbocycles. The van der Waals surface area contributed by atoms with Gasteiger partial charge in [0.15, 0.2) is 5.76 Å². The van der Waals surface area contributed by atoms with Crippen molar-refractivity contribution in [3.63, 3.8) is 0 Å². The van der Waals surface area contributed by atoms with Gasteiger partial charge in [-0.15, -0.1) is 0 Å². The number of hydrogen-bond donors (Lipinski definition) is 1. The Morgan fingerprint density at radius 1 is 1.29 bits per heavy atom. The highest BCUT2D eigenvalue weighted by molar-refractivity contribution is 7.19. The van der Waals surface area contributed by atoms with Gasteiger partial charge < -0.3 is 10.5 Å². The number of carbonyl (C=O) groups excluding carboxylic acids is 1. The van der Waals surface area contributed by atoms with Crippen molar-refractivity contribution >= 4 is 45.6 Å². The lowest BCUT2D eigenvalue weighted by Gasteiger charge is -2.09. The van der Waals surface area contributed by atoms with Crippen LogP contribution in [-0.2, 0) is 9.53 Å². The number of carbonyl (C=O) groups is 1. The van der Waals surface area contributed by atoms with Crippen LogP contribution in [0.4, 0.5) is 5.82 Å². The lowest BCUT2D eigenvalue weighted by Crippen LogP contribution is -2.18. The molecule has 0 spiro atoms. The predicted molar refractivity (Wildman–Crippen MR) is 109 cm³/mol. The maximum absolute atomic E-state index is 12.5. The van der Waals surface area contributed by atoms with E-state index in [1.165, 1.54) is 29.0 Å². The molecular formula is C19H13ClN4O3S. The second kappa shape index (κ2) is 7.06. The van der Waals surface area contributed by atoms with E-state index in [1.54, 1.807) is 24.3 Å². The van der Waals surface area contributed by atoms with Gasteiger partial charge in [0.2, 0.25) is 10.7 Å². The zero-order chi connectivity index (χ0) is 19.8. The van der Waals surface area contributed by atoms with E-state index in [9.17, 15) is 9.59 Å². The number of Topliss-reactive ketones (excluding diaryl/α,β-unsaturated/α-hetero) is 1. The van der Waals surface area contributed by atoms with Gasteiger partial charge in [-0.25, -0.2) is 0 Å². The smallest absolute Gasteiger partial charge is 0.283 e. The van der Waals surface area contributed by atoms with Crippen molar-refractivity contribution in [2.75, 3.05) is 12.8 Å². The number of nitrogens with zero attached hydrogens (tertiary/aromatic N) is 3. The van der Waals surface area contributed by atoms with Gasteiger partial charge in [0.25, 0.3) is 5.56 Å². The molecule has 140 valence electrons. The molecule has 28 heavy (non-hydrogen) atoms. The van der Waals surface area contributed by atoms with E-state index < -0.39 is 5.56 Å². The number of ether oxygens (including phenoxy) is 1. The van der Waals surface area contributed by atoms with Crippen molar-refractivity contribution in [1.29, 1.82) is 0 Å². The molecule has 0 aliphatic heterocycles. The summed E-state index contributed by atoms with van der Waals surface area (Å²) in [4.78, 5) is 29.3. The maximum Gasteiger partial charge on any atom is 0.283 e. The number of benzene rings is 1. The number of nitrogen functional groups attached to an aromatic ring is 1. The van der Waals surface area contributed by atoms with E-state index in [0.717, 1.165) is 0 Å². The summed E-state index contributed by atoms with van der Waals surface area (Å²) in [5.74, 6) is -0.0770. The Morgan fingerprint density at radius 2 is 2.07 bits per heavy atom. The van der Waals surface area contributed by atoms with Crippen LogP contribution in [0.1, 0.15) is 5.56 Å². The SMILES string of the molecule is COC1=CC=CC(=Cc2c(N)n3nc(-c4ccccc4Cl)sc3nc2=O)C1=O. The van der Waals surface area contributed by atoms with Crippen molar-refractivity contribution < 1.29 is 9.53 Å². The first-order valence-electron chi connectivity index (χ1n) is 8.12. The number of hydrogen-bond acceptors (Lipinski definition) is 7. The second-order valence-corrected chi connectivity index (χ2v) is 7.18. The third-order valence-electron chi connectivity index (χ3n) is 4.13. The Labute approximate surface area is 168 Å². The van der Waals surface area contributed by atoms with E-state index in [1.807, 2.05) is 18.2 Å². The second-order valence-electron chi connectivity index (χ2n) is 5.82. The molecule has 4 rings (SSSR count). The third-order valence-corrected chi connectivity index (χ3v) is 5.40. The zero-order valence-corrected chi connectivity index (χ0v) is 16.1. The monoisotopic (exact) mass is 412 g/mol. The average Bonchev–Trinajstić information content (AvgIpc) is 3.10. The lowest BCUT2D eigenvalue weighted by molar-refractivity contribution is -0.114. The molecule has 1 aliphatic carbocycles. The van der Waals surface area contributed by atoms with Gasteiger partial charge >= 0.3 is 0 Å². The van der Waals surface area contributed by atoms with Gasteiger partial charge in [0.05, 0.1) is 17.7 Å². The van der Waals surface area contributed by atoms with Crippen molar-refractivity contribution in [1.82, 2.24) is 14.6 Å². The molecule has 9 heteroatoms. The number of allylic oxidation sites excluding steroid dienone is 4. The molecule has 3 aromatic rings. The number of halogens is 1. The Hall–Kier alpha value is -3.23. The molecule has 0 amide bonds. The van der Waals surface area contributed by atoms with E-state index in [0.29, 0.717) is 20.6 Å². The van der Waals surface area contributed by atoms with Crippen LogP contribution in [0.15, 0.2) is 58.6 Å². The summed E-state index contributed by atoms with van der Waals surface area (Å²) in [5, 5.41) is 5.55. The average molecular weight is 413 g/mol. The largest absolute Gasteiger partial charge is 0.493 e. The molecular weight excluding hydrogens is 400 g/mol. The highest BCUT2D eigenvalue weighted by Crippen LogP contribution is 2.31. The fraction of sp³-hybridized carbons (Fsp3) is 0.0526. The summed E-state index contributed by atoms with van der Waals surface area (Å²) in [6.07, 6.45) is 6.18. The van der Waals surface area contributed by atoms with Crippen LogP contribution in [0.25, 0.3) is 21.6 Å².